The van der Waals surface area contributed by atoms with Gasteiger partial charge < -0.3 is 5.11 Å². The zero-order chi connectivity index (χ0) is 12.1. The molecule has 2 N–H and O–H groups in total. The average Bonchev–Trinajstić information content (AvgIpc) is 2.58. The Morgan fingerprint density at radius 1 is 1.56 bits per heavy atom. The van der Waals surface area contributed by atoms with Crippen molar-refractivity contribution in [2.24, 2.45) is 5.92 Å². The third-order valence-electron chi connectivity index (χ3n) is 2.16. The first-order valence-electron chi connectivity index (χ1n) is 5.19. The van der Waals surface area contributed by atoms with Gasteiger partial charge in [0.1, 0.15) is 6.04 Å². The molecule has 16 heavy (non-hydrogen) atoms. The maximum absolute atomic E-state index is 11.0. The van der Waals surface area contributed by atoms with Crippen LogP contribution in [0.2, 0.25) is 0 Å². The highest BCUT2D eigenvalue weighted by molar-refractivity contribution is 9.11. The molecule has 0 spiro atoms. The molecular formula is C11H16BrNO2S. The van der Waals surface area contributed by atoms with Gasteiger partial charge in [-0.3, -0.25) is 10.1 Å². The van der Waals surface area contributed by atoms with Crippen LogP contribution in [0.15, 0.2) is 15.9 Å². The maximum atomic E-state index is 11.0. The van der Waals surface area contributed by atoms with Crippen LogP contribution in [0.4, 0.5) is 0 Å². The number of halogens is 1. The number of rotatable bonds is 6. The molecule has 0 fully saturated rings. The van der Waals surface area contributed by atoms with E-state index >= 15 is 0 Å². The summed E-state index contributed by atoms with van der Waals surface area (Å²) in [4.78, 5) is 12.1. The molecular weight excluding hydrogens is 290 g/mol. The number of aliphatic carboxylic acids is 1. The van der Waals surface area contributed by atoms with Gasteiger partial charge in [-0.2, -0.15) is 0 Å². The lowest BCUT2D eigenvalue weighted by Crippen LogP contribution is -2.37. The SMILES string of the molecule is CC(C)C[C@H](NCc1ccc(Br)s1)C(=O)O. The molecule has 1 rings (SSSR count). The second-order valence-corrected chi connectivity index (χ2v) is 6.65. The fourth-order valence-corrected chi connectivity index (χ4v) is 2.85. The first kappa shape index (κ1) is 13.7. The van der Waals surface area contributed by atoms with Crippen LogP contribution in [0.5, 0.6) is 0 Å². The Hall–Kier alpha value is -0.390. The van der Waals surface area contributed by atoms with Crippen LogP contribution in [0.3, 0.4) is 0 Å². The van der Waals surface area contributed by atoms with Gasteiger partial charge in [0.05, 0.1) is 3.79 Å². The van der Waals surface area contributed by atoms with Gasteiger partial charge in [-0.15, -0.1) is 11.3 Å². The average molecular weight is 306 g/mol. The Kier molecular flexibility index (Phi) is 5.44. The topological polar surface area (TPSA) is 49.3 Å². The van der Waals surface area contributed by atoms with E-state index in [0.717, 1.165) is 8.66 Å². The maximum Gasteiger partial charge on any atom is 0.320 e. The van der Waals surface area contributed by atoms with Crippen LogP contribution in [-0.2, 0) is 11.3 Å². The monoisotopic (exact) mass is 305 g/mol. The highest BCUT2D eigenvalue weighted by Crippen LogP contribution is 2.22. The molecule has 0 unspecified atom stereocenters. The minimum absolute atomic E-state index is 0.378. The lowest BCUT2D eigenvalue weighted by atomic mass is 10.0. The molecule has 0 radical (unpaired) electrons. The van der Waals surface area contributed by atoms with E-state index in [4.69, 9.17) is 5.11 Å². The Morgan fingerprint density at radius 3 is 2.69 bits per heavy atom. The molecule has 0 aliphatic rings. The summed E-state index contributed by atoms with van der Waals surface area (Å²) >= 11 is 5.00. The summed E-state index contributed by atoms with van der Waals surface area (Å²) in [5, 5.41) is 12.1. The van der Waals surface area contributed by atoms with Crippen LogP contribution in [0.1, 0.15) is 25.1 Å². The van der Waals surface area contributed by atoms with Crippen molar-refractivity contribution in [2.45, 2.75) is 32.9 Å². The number of carboxylic acids is 1. The van der Waals surface area contributed by atoms with Gasteiger partial charge in [0.15, 0.2) is 0 Å². The van der Waals surface area contributed by atoms with Crippen LogP contribution < -0.4 is 5.32 Å². The smallest absolute Gasteiger partial charge is 0.320 e. The van der Waals surface area contributed by atoms with Gasteiger partial charge >= 0.3 is 5.97 Å². The van der Waals surface area contributed by atoms with E-state index in [1.165, 1.54) is 0 Å². The van der Waals surface area contributed by atoms with Gasteiger partial charge in [0, 0.05) is 11.4 Å². The van der Waals surface area contributed by atoms with E-state index in [-0.39, 0.29) is 0 Å². The minimum Gasteiger partial charge on any atom is -0.480 e. The summed E-state index contributed by atoms with van der Waals surface area (Å²) < 4.78 is 1.07. The zero-order valence-corrected chi connectivity index (χ0v) is 11.8. The second-order valence-electron chi connectivity index (χ2n) is 4.11. The molecule has 5 heteroatoms. The van der Waals surface area contributed by atoms with E-state index in [0.29, 0.717) is 18.9 Å². The van der Waals surface area contributed by atoms with E-state index in [1.54, 1.807) is 11.3 Å². The molecule has 0 saturated heterocycles. The fraction of sp³-hybridized carbons (Fsp3) is 0.545. The molecule has 1 atom stereocenters. The van der Waals surface area contributed by atoms with E-state index in [9.17, 15) is 4.79 Å². The highest BCUT2D eigenvalue weighted by atomic mass is 79.9. The van der Waals surface area contributed by atoms with Crippen LogP contribution in [-0.4, -0.2) is 17.1 Å². The quantitative estimate of drug-likeness (QED) is 0.849. The first-order chi connectivity index (χ1) is 7.49. The van der Waals surface area contributed by atoms with E-state index in [2.05, 4.69) is 21.2 Å². The molecule has 3 nitrogen and oxygen atoms in total. The largest absolute Gasteiger partial charge is 0.480 e. The van der Waals surface area contributed by atoms with Crippen LogP contribution in [0.25, 0.3) is 0 Å². The molecule has 1 heterocycles. The number of nitrogens with one attached hydrogen (secondary N) is 1. The fourth-order valence-electron chi connectivity index (χ4n) is 1.41. The number of carboxylic acid groups (broad SMARTS) is 1. The Morgan fingerprint density at radius 2 is 2.25 bits per heavy atom. The zero-order valence-electron chi connectivity index (χ0n) is 9.37. The van der Waals surface area contributed by atoms with Gasteiger partial charge in [-0.05, 0) is 40.4 Å². The molecule has 0 aliphatic heterocycles. The third kappa shape index (κ3) is 4.63. The van der Waals surface area contributed by atoms with E-state index in [1.807, 2.05) is 26.0 Å². The van der Waals surface area contributed by atoms with Gasteiger partial charge in [0.25, 0.3) is 0 Å². The standard InChI is InChI=1S/C11H16BrNO2S/c1-7(2)5-9(11(14)15)13-6-8-3-4-10(12)16-8/h3-4,7,9,13H,5-6H2,1-2H3,(H,14,15)/t9-/m0/s1. The van der Waals surface area contributed by atoms with Crippen LogP contribution >= 0.6 is 27.3 Å². The van der Waals surface area contributed by atoms with Crippen LogP contribution in [0, 0.1) is 5.92 Å². The van der Waals surface area contributed by atoms with Crippen molar-refractivity contribution in [3.05, 3.63) is 20.8 Å². The normalized spacial score (nSPS) is 13.0. The van der Waals surface area contributed by atoms with Crippen molar-refractivity contribution in [1.29, 1.82) is 0 Å². The van der Waals surface area contributed by atoms with Crippen molar-refractivity contribution >= 4 is 33.2 Å². The molecule has 0 amide bonds. The van der Waals surface area contributed by atoms with Crippen molar-refractivity contribution in [3.63, 3.8) is 0 Å². The summed E-state index contributed by atoms with van der Waals surface area (Å²) in [6.07, 6.45) is 0.655. The molecule has 90 valence electrons. The molecule has 1 aromatic heterocycles. The molecule has 0 aliphatic carbocycles. The third-order valence-corrected chi connectivity index (χ3v) is 3.78. The predicted molar refractivity (Wildman–Crippen MR) is 69.7 cm³/mol. The number of hydrogen-bond donors (Lipinski definition) is 2. The molecule has 0 saturated carbocycles. The number of carbonyl (C=O) groups is 1. The Bertz CT molecular complexity index is 352. The van der Waals surface area contributed by atoms with Crippen molar-refractivity contribution in [3.8, 4) is 0 Å². The van der Waals surface area contributed by atoms with E-state index < -0.39 is 12.0 Å². The summed E-state index contributed by atoms with van der Waals surface area (Å²) in [5.74, 6) is -0.395. The summed E-state index contributed by atoms with van der Waals surface area (Å²) in [6.45, 7) is 4.67. The highest BCUT2D eigenvalue weighted by Gasteiger charge is 2.18. The van der Waals surface area contributed by atoms with Crippen molar-refractivity contribution < 1.29 is 9.90 Å². The number of thiophene rings is 1. The van der Waals surface area contributed by atoms with Gasteiger partial charge in [-0.1, -0.05) is 13.8 Å². The predicted octanol–water partition coefficient (Wildman–Crippen LogP) is 3.10. The lowest BCUT2D eigenvalue weighted by Gasteiger charge is -2.15. The Balaban J connectivity index is 2.46. The summed E-state index contributed by atoms with van der Waals surface area (Å²) in [5.41, 5.74) is 0. The minimum atomic E-state index is -0.774. The molecule has 1 aromatic rings. The first-order valence-corrected chi connectivity index (χ1v) is 6.80. The molecule has 0 aromatic carbocycles. The number of hydrogen-bond acceptors (Lipinski definition) is 3. The summed E-state index contributed by atoms with van der Waals surface area (Å²) in [7, 11) is 0. The molecule has 0 bridgehead atoms. The van der Waals surface area contributed by atoms with Gasteiger partial charge in [0.2, 0.25) is 0 Å². The summed E-state index contributed by atoms with van der Waals surface area (Å²) in [6, 6.07) is 3.51. The lowest BCUT2D eigenvalue weighted by molar-refractivity contribution is -0.139. The van der Waals surface area contributed by atoms with Crippen molar-refractivity contribution in [1.82, 2.24) is 5.32 Å². The van der Waals surface area contributed by atoms with Gasteiger partial charge in [-0.25, -0.2) is 0 Å². The van der Waals surface area contributed by atoms with Crippen molar-refractivity contribution in [2.75, 3.05) is 0 Å². The Labute approximate surface area is 108 Å². The second kappa shape index (κ2) is 6.37.